The van der Waals surface area contributed by atoms with Gasteiger partial charge in [-0.1, -0.05) is 6.07 Å². The van der Waals surface area contributed by atoms with Crippen molar-refractivity contribution >= 4 is 21.5 Å². The molecule has 0 radical (unpaired) electrons. The van der Waals surface area contributed by atoms with Gasteiger partial charge in [-0.3, -0.25) is 0 Å². The SMILES string of the molecule is Cc1nc(Nc2cccc(F)c2)cc(C2CCN2S(C)(=O)=O)n1. The molecule has 1 aliphatic rings. The number of hydrogen-bond donors (Lipinski definition) is 1. The molecule has 1 aliphatic heterocycles. The average molecular weight is 336 g/mol. The zero-order chi connectivity index (χ0) is 16.6. The summed E-state index contributed by atoms with van der Waals surface area (Å²) in [5, 5.41) is 3.02. The van der Waals surface area contributed by atoms with Crippen LogP contribution in [0, 0.1) is 12.7 Å². The maximum Gasteiger partial charge on any atom is 0.211 e. The van der Waals surface area contributed by atoms with Crippen LogP contribution < -0.4 is 5.32 Å². The Bertz CT molecular complexity index is 841. The molecule has 8 heteroatoms. The first-order chi connectivity index (χ1) is 10.8. The van der Waals surface area contributed by atoms with Gasteiger partial charge in [0.1, 0.15) is 17.5 Å². The summed E-state index contributed by atoms with van der Waals surface area (Å²) in [6.45, 7) is 2.24. The van der Waals surface area contributed by atoms with Crippen LogP contribution in [0.15, 0.2) is 30.3 Å². The number of aromatic nitrogens is 2. The summed E-state index contributed by atoms with van der Waals surface area (Å²) in [7, 11) is -3.25. The highest BCUT2D eigenvalue weighted by atomic mass is 32.2. The van der Waals surface area contributed by atoms with Crippen molar-refractivity contribution < 1.29 is 12.8 Å². The summed E-state index contributed by atoms with van der Waals surface area (Å²) in [6, 6.07) is 7.50. The Labute approximate surface area is 134 Å². The Morgan fingerprint density at radius 2 is 2.09 bits per heavy atom. The molecule has 0 spiro atoms. The zero-order valence-electron chi connectivity index (χ0n) is 12.8. The summed E-state index contributed by atoms with van der Waals surface area (Å²) in [4.78, 5) is 8.62. The number of benzene rings is 1. The van der Waals surface area contributed by atoms with Crippen molar-refractivity contribution in [3.05, 3.63) is 47.7 Å². The summed E-state index contributed by atoms with van der Waals surface area (Å²) >= 11 is 0. The van der Waals surface area contributed by atoms with Crippen molar-refractivity contribution in [2.24, 2.45) is 0 Å². The molecule has 6 nitrogen and oxygen atoms in total. The predicted molar refractivity (Wildman–Crippen MR) is 85.4 cm³/mol. The van der Waals surface area contributed by atoms with Crippen LogP contribution in [0.25, 0.3) is 0 Å². The van der Waals surface area contributed by atoms with Crippen molar-refractivity contribution in [1.29, 1.82) is 0 Å². The van der Waals surface area contributed by atoms with Gasteiger partial charge in [-0.05, 0) is 31.5 Å². The lowest BCUT2D eigenvalue weighted by Crippen LogP contribution is -2.44. The molecule has 1 aromatic carbocycles. The Morgan fingerprint density at radius 1 is 1.30 bits per heavy atom. The van der Waals surface area contributed by atoms with E-state index in [0.717, 1.165) is 6.42 Å². The Balaban J connectivity index is 1.88. The minimum atomic E-state index is -3.25. The summed E-state index contributed by atoms with van der Waals surface area (Å²) in [5.41, 5.74) is 1.22. The van der Waals surface area contributed by atoms with Crippen LogP contribution in [0.3, 0.4) is 0 Å². The molecule has 1 aromatic heterocycles. The minimum Gasteiger partial charge on any atom is -0.340 e. The van der Waals surface area contributed by atoms with E-state index in [0.29, 0.717) is 29.6 Å². The molecule has 3 rings (SSSR count). The maximum absolute atomic E-state index is 13.3. The first kappa shape index (κ1) is 15.8. The van der Waals surface area contributed by atoms with Gasteiger partial charge >= 0.3 is 0 Å². The fraction of sp³-hybridized carbons (Fsp3) is 0.333. The molecule has 122 valence electrons. The highest BCUT2D eigenvalue weighted by molar-refractivity contribution is 7.88. The number of halogens is 1. The van der Waals surface area contributed by atoms with Gasteiger partial charge in [0.2, 0.25) is 10.0 Å². The molecule has 0 aliphatic carbocycles. The molecule has 2 aromatic rings. The van der Waals surface area contributed by atoms with Gasteiger partial charge in [-0.15, -0.1) is 0 Å². The molecule has 0 amide bonds. The van der Waals surface area contributed by atoms with E-state index in [-0.39, 0.29) is 11.9 Å². The third-order valence-electron chi connectivity index (χ3n) is 3.69. The molecular formula is C15H17FN4O2S. The van der Waals surface area contributed by atoms with Crippen LogP contribution in [-0.4, -0.2) is 35.5 Å². The summed E-state index contributed by atoms with van der Waals surface area (Å²) in [5.74, 6) is 0.698. The van der Waals surface area contributed by atoms with E-state index in [2.05, 4.69) is 15.3 Å². The van der Waals surface area contributed by atoms with E-state index < -0.39 is 10.0 Å². The molecule has 1 unspecified atom stereocenters. The topological polar surface area (TPSA) is 75.2 Å². The lowest BCUT2D eigenvalue weighted by Gasteiger charge is -2.38. The van der Waals surface area contributed by atoms with Crippen LogP contribution in [0.1, 0.15) is 24.0 Å². The lowest BCUT2D eigenvalue weighted by molar-refractivity contribution is 0.199. The second-order valence-electron chi connectivity index (χ2n) is 5.54. The van der Waals surface area contributed by atoms with E-state index in [1.807, 2.05) is 0 Å². The number of anilines is 2. The highest BCUT2D eigenvalue weighted by Crippen LogP contribution is 2.35. The second-order valence-corrected chi connectivity index (χ2v) is 7.47. The monoisotopic (exact) mass is 336 g/mol. The molecule has 1 atom stereocenters. The first-order valence-corrected chi connectivity index (χ1v) is 9.03. The third kappa shape index (κ3) is 3.48. The molecular weight excluding hydrogens is 319 g/mol. The minimum absolute atomic E-state index is 0.264. The molecule has 1 saturated heterocycles. The van der Waals surface area contributed by atoms with Gasteiger partial charge in [-0.25, -0.2) is 22.8 Å². The summed E-state index contributed by atoms with van der Waals surface area (Å²) < 4.78 is 38.1. The van der Waals surface area contributed by atoms with Crippen molar-refractivity contribution in [2.75, 3.05) is 18.1 Å². The molecule has 23 heavy (non-hydrogen) atoms. The fourth-order valence-corrected chi connectivity index (χ4v) is 3.71. The van der Waals surface area contributed by atoms with Crippen molar-refractivity contribution in [3.63, 3.8) is 0 Å². The standard InChI is InChI=1S/C15H17FN4O2S/c1-10-17-13(14-6-7-20(14)23(2,21)22)9-15(18-10)19-12-5-3-4-11(16)8-12/h3-5,8-9,14H,6-7H2,1-2H3,(H,17,18,19). The first-order valence-electron chi connectivity index (χ1n) is 7.18. The van der Waals surface area contributed by atoms with E-state index in [4.69, 9.17) is 0 Å². The molecule has 1 fully saturated rings. The third-order valence-corrected chi connectivity index (χ3v) is 4.98. The van der Waals surface area contributed by atoms with Crippen LogP contribution in [0.2, 0.25) is 0 Å². The Kier molecular flexibility index (Phi) is 4.03. The smallest absolute Gasteiger partial charge is 0.211 e. The lowest BCUT2D eigenvalue weighted by atomic mass is 10.0. The average Bonchev–Trinajstić information content (AvgIpc) is 2.34. The number of nitrogens with one attached hydrogen (secondary N) is 1. The van der Waals surface area contributed by atoms with Gasteiger partial charge in [0, 0.05) is 18.3 Å². The molecule has 0 saturated carbocycles. The van der Waals surface area contributed by atoms with Crippen LogP contribution in [0.5, 0.6) is 0 Å². The van der Waals surface area contributed by atoms with E-state index in [9.17, 15) is 12.8 Å². The van der Waals surface area contributed by atoms with Gasteiger partial charge < -0.3 is 5.32 Å². The maximum atomic E-state index is 13.3. The van der Waals surface area contributed by atoms with E-state index in [1.54, 1.807) is 25.1 Å². The van der Waals surface area contributed by atoms with Gasteiger partial charge in [-0.2, -0.15) is 4.31 Å². The van der Waals surface area contributed by atoms with Crippen LogP contribution in [0.4, 0.5) is 15.9 Å². The number of hydrogen-bond acceptors (Lipinski definition) is 5. The predicted octanol–water partition coefficient (Wildman–Crippen LogP) is 2.37. The Morgan fingerprint density at radius 3 is 2.70 bits per heavy atom. The van der Waals surface area contributed by atoms with Crippen molar-refractivity contribution in [1.82, 2.24) is 14.3 Å². The normalized spacial score (nSPS) is 18.5. The quantitative estimate of drug-likeness (QED) is 0.928. The van der Waals surface area contributed by atoms with Crippen molar-refractivity contribution in [2.45, 2.75) is 19.4 Å². The number of rotatable bonds is 4. The number of nitrogens with zero attached hydrogens (tertiary/aromatic N) is 3. The van der Waals surface area contributed by atoms with Gasteiger partial charge in [0.25, 0.3) is 0 Å². The van der Waals surface area contributed by atoms with Gasteiger partial charge in [0.05, 0.1) is 18.0 Å². The summed E-state index contributed by atoms with van der Waals surface area (Å²) in [6.07, 6.45) is 1.92. The number of sulfonamides is 1. The highest BCUT2D eigenvalue weighted by Gasteiger charge is 2.37. The zero-order valence-corrected chi connectivity index (χ0v) is 13.6. The van der Waals surface area contributed by atoms with Crippen LogP contribution >= 0.6 is 0 Å². The van der Waals surface area contributed by atoms with E-state index in [1.165, 1.54) is 22.7 Å². The van der Waals surface area contributed by atoms with Crippen molar-refractivity contribution in [3.8, 4) is 0 Å². The van der Waals surface area contributed by atoms with Crippen LogP contribution in [-0.2, 0) is 10.0 Å². The molecule has 1 N–H and O–H groups in total. The fourth-order valence-electron chi connectivity index (χ4n) is 2.60. The molecule has 2 heterocycles. The second kappa shape index (κ2) is 5.86. The number of aryl methyl sites for hydroxylation is 1. The van der Waals surface area contributed by atoms with Gasteiger partial charge in [0.15, 0.2) is 0 Å². The largest absolute Gasteiger partial charge is 0.340 e. The molecule has 0 bridgehead atoms. The Hall–Kier alpha value is -2.06. The van der Waals surface area contributed by atoms with E-state index >= 15 is 0 Å².